The maximum Gasteiger partial charge on any atom is 0.240 e. The molecule has 0 saturated heterocycles. The van der Waals surface area contributed by atoms with Gasteiger partial charge in [0.25, 0.3) is 0 Å². The van der Waals surface area contributed by atoms with E-state index < -0.39 is 10.0 Å². The Morgan fingerprint density at radius 1 is 0.889 bits per heavy atom. The topological polar surface area (TPSA) is 84.9 Å². The highest BCUT2D eigenvalue weighted by Gasteiger charge is 2.16. The summed E-state index contributed by atoms with van der Waals surface area (Å²) in [5, 5.41) is 8.82. The van der Waals surface area contributed by atoms with Gasteiger partial charge < -0.3 is 14.6 Å². The van der Waals surface area contributed by atoms with Crippen LogP contribution in [0.2, 0.25) is 0 Å². The van der Waals surface area contributed by atoms with E-state index in [1.807, 2.05) is 12.1 Å². The average Bonchev–Trinajstić information content (AvgIpc) is 2.68. The third kappa shape index (κ3) is 6.23. The van der Waals surface area contributed by atoms with Crippen molar-refractivity contribution in [2.24, 2.45) is 0 Å². The molecular weight excluding hydrogens is 366 g/mol. The molecule has 0 heterocycles. The maximum atomic E-state index is 12.5. The highest BCUT2D eigenvalue weighted by molar-refractivity contribution is 7.89. The molecule has 0 aliphatic heterocycles. The van der Waals surface area contributed by atoms with Crippen molar-refractivity contribution in [1.82, 2.24) is 4.72 Å². The fourth-order valence-electron chi connectivity index (χ4n) is 2.71. The van der Waals surface area contributed by atoms with E-state index in [0.717, 1.165) is 24.8 Å². The minimum Gasteiger partial charge on any atom is -0.493 e. The van der Waals surface area contributed by atoms with Gasteiger partial charge in [-0.2, -0.15) is 0 Å². The Labute approximate surface area is 161 Å². The highest BCUT2D eigenvalue weighted by atomic mass is 32.2. The molecule has 0 amide bonds. The average molecular weight is 394 g/mol. The van der Waals surface area contributed by atoms with Crippen LogP contribution < -0.4 is 14.2 Å². The van der Waals surface area contributed by atoms with Gasteiger partial charge in [-0.15, -0.1) is 0 Å². The van der Waals surface area contributed by atoms with Gasteiger partial charge in [0.2, 0.25) is 10.0 Å². The van der Waals surface area contributed by atoms with E-state index in [1.54, 1.807) is 6.07 Å². The van der Waals surface area contributed by atoms with Gasteiger partial charge in [0, 0.05) is 19.2 Å². The Balaban J connectivity index is 1.92. The van der Waals surface area contributed by atoms with Crippen LogP contribution in [0.25, 0.3) is 0 Å². The normalized spacial score (nSPS) is 11.4. The summed E-state index contributed by atoms with van der Waals surface area (Å²) in [5.74, 6) is 0.854. The van der Waals surface area contributed by atoms with Crippen molar-refractivity contribution in [2.75, 3.05) is 27.4 Å². The number of hydrogen-bond acceptors (Lipinski definition) is 5. The largest absolute Gasteiger partial charge is 0.493 e. The van der Waals surface area contributed by atoms with Crippen LogP contribution in [0.15, 0.2) is 47.4 Å². The van der Waals surface area contributed by atoms with Crippen molar-refractivity contribution >= 4 is 10.0 Å². The first-order chi connectivity index (χ1) is 13.0. The summed E-state index contributed by atoms with van der Waals surface area (Å²) < 4.78 is 37.8. The van der Waals surface area contributed by atoms with E-state index in [-0.39, 0.29) is 11.5 Å². The first-order valence-electron chi connectivity index (χ1n) is 8.90. The molecule has 0 aromatic heterocycles. The van der Waals surface area contributed by atoms with E-state index in [0.29, 0.717) is 24.5 Å². The number of nitrogens with one attached hydrogen (secondary N) is 1. The molecule has 0 aliphatic carbocycles. The van der Waals surface area contributed by atoms with E-state index in [9.17, 15) is 8.42 Å². The quantitative estimate of drug-likeness (QED) is 0.573. The Hall–Kier alpha value is -2.09. The molecule has 148 valence electrons. The molecule has 2 N–H and O–H groups in total. The van der Waals surface area contributed by atoms with Gasteiger partial charge in [-0.05, 0) is 48.9 Å². The number of rotatable bonds is 11. The third-order valence-electron chi connectivity index (χ3n) is 4.27. The Bertz CT molecular complexity index is 819. The van der Waals surface area contributed by atoms with Crippen molar-refractivity contribution < 1.29 is 23.0 Å². The van der Waals surface area contributed by atoms with Crippen LogP contribution in [0, 0.1) is 0 Å². The van der Waals surface area contributed by atoms with Gasteiger partial charge in [-0.25, -0.2) is 13.1 Å². The summed E-state index contributed by atoms with van der Waals surface area (Å²) in [6.07, 6.45) is 3.30. The van der Waals surface area contributed by atoms with Crippen LogP contribution in [-0.4, -0.2) is 40.9 Å². The van der Waals surface area contributed by atoms with Gasteiger partial charge in [0.15, 0.2) is 11.5 Å². The summed E-state index contributed by atoms with van der Waals surface area (Å²) in [6, 6.07) is 12.6. The summed E-state index contributed by atoms with van der Waals surface area (Å²) >= 11 is 0. The second-order valence-corrected chi connectivity index (χ2v) is 7.93. The minimum absolute atomic E-state index is 0.138. The van der Waals surface area contributed by atoms with E-state index in [2.05, 4.69) is 16.9 Å². The molecule has 6 nitrogen and oxygen atoms in total. The molecule has 27 heavy (non-hydrogen) atoms. The zero-order valence-electron chi connectivity index (χ0n) is 15.8. The van der Waals surface area contributed by atoms with Crippen molar-refractivity contribution in [2.45, 2.75) is 30.6 Å². The Morgan fingerprint density at radius 2 is 1.52 bits per heavy atom. The monoisotopic (exact) mass is 393 g/mol. The lowest BCUT2D eigenvalue weighted by Gasteiger charge is -2.11. The molecule has 0 spiro atoms. The maximum absolute atomic E-state index is 12.5. The zero-order valence-corrected chi connectivity index (χ0v) is 16.6. The van der Waals surface area contributed by atoms with Crippen LogP contribution in [0.5, 0.6) is 11.5 Å². The van der Waals surface area contributed by atoms with Gasteiger partial charge >= 0.3 is 0 Å². The molecule has 0 fully saturated rings. The molecule has 2 rings (SSSR count). The van der Waals surface area contributed by atoms with Crippen LogP contribution in [0.3, 0.4) is 0 Å². The van der Waals surface area contributed by atoms with Gasteiger partial charge in [-0.1, -0.05) is 24.3 Å². The Morgan fingerprint density at radius 3 is 2.11 bits per heavy atom. The lowest BCUT2D eigenvalue weighted by Crippen LogP contribution is -2.26. The number of unbranched alkanes of at least 4 members (excludes halogenated alkanes) is 1. The van der Waals surface area contributed by atoms with Crippen LogP contribution in [0.4, 0.5) is 0 Å². The standard InChI is InChI=1S/C20H27NO5S/c1-25-19-11-10-18(15-20(19)26-2)27(23,24)21-13-12-17-8-6-16(7-9-17)5-3-4-14-22/h6-11,15,21-22H,3-5,12-14H2,1-2H3. The molecule has 0 aliphatic rings. The van der Waals surface area contributed by atoms with Crippen LogP contribution in [-0.2, 0) is 22.9 Å². The zero-order chi connectivity index (χ0) is 19.7. The van der Waals surface area contributed by atoms with E-state index >= 15 is 0 Å². The molecule has 0 bridgehead atoms. The molecule has 7 heteroatoms. The molecule has 0 radical (unpaired) electrons. The van der Waals surface area contributed by atoms with Crippen molar-refractivity contribution in [3.8, 4) is 11.5 Å². The second kappa shape index (κ2) is 10.3. The van der Waals surface area contributed by atoms with Crippen molar-refractivity contribution in [1.29, 1.82) is 0 Å². The predicted octanol–water partition coefficient (Wildman–Crippen LogP) is 2.54. The lowest BCUT2D eigenvalue weighted by molar-refractivity contribution is 0.284. The van der Waals surface area contributed by atoms with Gasteiger partial charge in [-0.3, -0.25) is 0 Å². The molecule has 0 atom stereocenters. The number of ether oxygens (including phenoxy) is 2. The molecular formula is C20H27NO5S. The van der Waals surface area contributed by atoms with E-state index in [4.69, 9.17) is 14.6 Å². The number of hydrogen-bond donors (Lipinski definition) is 2. The predicted molar refractivity (Wildman–Crippen MR) is 105 cm³/mol. The molecule has 0 saturated carbocycles. The van der Waals surface area contributed by atoms with Gasteiger partial charge in [0.1, 0.15) is 0 Å². The number of methoxy groups -OCH3 is 2. The number of aryl methyl sites for hydroxylation is 1. The van der Waals surface area contributed by atoms with Gasteiger partial charge in [0.05, 0.1) is 19.1 Å². The summed E-state index contributed by atoms with van der Waals surface area (Å²) in [6.45, 7) is 0.527. The van der Waals surface area contributed by atoms with Crippen LogP contribution in [0.1, 0.15) is 24.0 Å². The van der Waals surface area contributed by atoms with Crippen molar-refractivity contribution in [3.63, 3.8) is 0 Å². The summed E-state index contributed by atoms with van der Waals surface area (Å²) in [4.78, 5) is 0.138. The fraction of sp³-hybridized carbons (Fsp3) is 0.400. The number of aliphatic hydroxyl groups excluding tert-OH is 1. The molecule has 2 aromatic carbocycles. The number of benzene rings is 2. The smallest absolute Gasteiger partial charge is 0.240 e. The second-order valence-electron chi connectivity index (χ2n) is 6.16. The van der Waals surface area contributed by atoms with E-state index in [1.165, 1.54) is 31.9 Å². The lowest BCUT2D eigenvalue weighted by atomic mass is 10.0. The molecule has 2 aromatic rings. The SMILES string of the molecule is COc1ccc(S(=O)(=O)NCCc2ccc(CCCCO)cc2)cc1OC. The third-order valence-corrected chi connectivity index (χ3v) is 5.73. The Kier molecular flexibility index (Phi) is 8.09. The number of sulfonamides is 1. The van der Waals surface area contributed by atoms with Crippen molar-refractivity contribution in [3.05, 3.63) is 53.6 Å². The van der Waals surface area contributed by atoms with Crippen LogP contribution >= 0.6 is 0 Å². The minimum atomic E-state index is -3.62. The number of aliphatic hydroxyl groups is 1. The molecule has 0 unspecified atom stereocenters. The first kappa shape index (κ1) is 21.2. The summed E-state index contributed by atoms with van der Waals surface area (Å²) in [7, 11) is -0.651. The summed E-state index contributed by atoms with van der Waals surface area (Å²) in [5.41, 5.74) is 2.29. The highest BCUT2D eigenvalue weighted by Crippen LogP contribution is 2.29. The fourth-order valence-corrected chi connectivity index (χ4v) is 3.76. The first-order valence-corrected chi connectivity index (χ1v) is 10.4.